The predicted molar refractivity (Wildman–Crippen MR) is 140 cm³/mol. The van der Waals surface area contributed by atoms with Crippen LogP contribution in [0, 0.1) is 5.92 Å². The number of anilines is 1. The molecule has 1 aromatic heterocycles. The van der Waals surface area contributed by atoms with Gasteiger partial charge in [-0.05, 0) is 55.5 Å². The molecule has 0 bridgehead atoms. The summed E-state index contributed by atoms with van der Waals surface area (Å²) in [4.78, 5) is 14.8. The van der Waals surface area contributed by atoms with Gasteiger partial charge in [-0.3, -0.25) is 4.79 Å². The summed E-state index contributed by atoms with van der Waals surface area (Å²) in [6.45, 7) is 14.0. The van der Waals surface area contributed by atoms with Gasteiger partial charge in [-0.1, -0.05) is 69.8 Å². The Morgan fingerprint density at radius 1 is 1.00 bits per heavy atom. The van der Waals surface area contributed by atoms with E-state index in [1.807, 2.05) is 56.3 Å². The molecule has 1 unspecified atom stereocenters. The van der Waals surface area contributed by atoms with Crippen molar-refractivity contribution < 1.29 is 9.53 Å². The van der Waals surface area contributed by atoms with Gasteiger partial charge in [0.05, 0.1) is 5.75 Å². The van der Waals surface area contributed by atoms with Crippen LogP contribution in [0.25, 0.3) is 0 Å². The molecule has 0 saturated carbocycles. The number of benzene rings is 2. The lowest BCUT2D eigenvalue weighted by Crippen LogP contribution is -2.32. The summed E-state index contributed by atoms with van der Waals surface area (Å²) in [5, 5.41) is 9.62. The summed E-state index contributed by atoms with van der Waals surface area (Å²) in [6.07, 6.45) is -0.266. The summed E-state index contributed by atoms with van der Waals surface area (Å²) < 4.78 is 8.29. The van der Waals surface area contributed by atoms with E-state index >= 15 is 0 Å². The van der Waals surface area contributed by atoms with Gasteiger partial charge < -0.3 is 14.2 Å². The van der Waals surface area contributed by atoms with Gasteiger partial charge in [0.1, 0.15) is 5.75 Å². The SMILES string of the molecule is CCN(C(=O)CSc1nnc(C(C)Oc2ccc(C(C)C)cc2)n1CC(C)C)c1ccccc1. The first-order chi connectivity index (χ1) is 16.3. The van der Waals surface area contributed by atoms with Crippen molar-refractivity contribution in [2.45, 2.75) is 65.3 Å². The third kappa shape index (κ3) is 6.63. The number of ether oxygens (including phenoxy) is 1. The Hall–Kier alpha value is -2.80. The van der Waals surface area contributed by atoms with E-state index in [0.717, 1.165) is 29.0 Å². The van der Waals surface area contributed by atoms with Crippen molar-refractivity contribution in [3.63, 3.8) is 0 Å². The number of aromatic nitrogens is 3. The Morgan fingerprint density at radius 2 is 1.68 bits per heavy atom. The molecule has 0 aliphatic carbocycles. The summed E-state index contributed by atoms with van der Waals surface area (Å²) in [6, 6.07) is 18.0. The molecule has 0 aliphatic rings. The fourth-order valence-corrected chi connectivity index (χ4v) is 4.58. The van der Waals surface area contributed by atoms with Crippen molar-refractivity contribution >= 4 is 23.4 Å². The maximum Gasteiger partial charge on any atom is 0.237 e. The van der Waals surface area contributed by atoms with Crippen LogP contribution < -0.4 is 9.64 Å². The Labute approximate surface area is 207 Å². The number of amides is 1. The second kappa shape index (κ2) is 12.1. The Bertz CT molecular complexity index is 1050. The predicted octanol–water partition coefficient (Wildman–Crippen LogP) is 6.34. The summed E-state index contributed by atoms with van der Waals surface area (Å²) in [5.74, 6) is 2.81. The molecule has 1 atom stereocenters. The number of rotatable bonds is 11. The lowest BCUT2D eigenvalue weighted by atomic mass is 10.0. The van der Waals surface area contributed by atoms with Gasteiger partial charge in [0.25, 0.3) is 0 Å². The zero-order valence-electron chi connectivity index (χ0n) is 21.1. The maximum absolute atomic E-state index is 13.0. The third-order valence-electron chi connectivity index (χ3n) is 5.53. The van der Waals surface area contributed by atoms with E-state index in [9.17, 15) is 4.79 Å². The van der Waals surface area contributed by atoms with E-state index in [1.54, 1.807) is 4.90 Å². The molecule has 0 saturated heterocycles. The van der Waals surface area contributed by atoms with Crippen LogP contribution in [0.2, 0.25) is 0 Å². The van der Waals surface area contributed by atoms with Gasteiger partial charge in [0.2, 0.25) is 5.91 Å². The second-order valence-corrected chi connectivity index (χ2v) is 10.0. The van der Waals surface area contributed by atoms with E-state index in [2.05, 4.69) is 54.6 Å². The average Bonchev–Trinajstić information content (AvgIpc) is 3.21. The molecule has 0 fully saturated rings. The average molecular weight is 481 g/mol. The molecule has 1 amide bonds. The van der Waals surface area contributed by atoms with E-state index < -0.39 is 0 Å². The molecule has 0 radical (unpaired) electrons. The van der Waals surface area contributed by atoms with Crippen molar-refractivity contribution in [3.05, 3.63) is 66.0 Å². The lowest BCUT2D eigenvalue weighted by Gasteiger charge is -2.21. The monoisotopic (exact) mass is 480 g/mol. The third-order valence-corrected chi connectivity index (χ3v) is 6.48. The molecule has 3 rings (SSSR count). The van der Waals surface area contributed by atoms with Crippen LogP contribution >= 0.6 is 11.8 Å². The molecular formula is C27H36N4O2S. The van der Waals surface area contributed by atoms with Gasteiger partial charge in [-0.15, -0.1) is 10.2 Å². The van der Waals surface area contributed by atoms with Crippen LogP contribution in [0.5, 0.6) is 5.75 Å². The van der Waals surface area contributed by atoms with E-state index in [4.69, 9.17) is 4.74 Å². The molecule has 0 aliphatic heterocycles. The van der Waals surface area contributed by atoms with Crippen LogP contribution in [0.1, 0.15) is 65.0 Å². The van der Waals surface area contributed by atoms with Gasteiger partial charge in [0.15, 0.2) is 17.1 Å². The molecular weight excluding hydrogens is 444 g/mol. The van der Waals surface area contributed by atoms with Gasteiger partial charge in [-0.2, -0.15) is 0 Å². The topological polar surface area (TPSA) is 60.3 Å². The number of hydrogen-bond donors (Lipinski definition) is 0. The Morgan fingerprint density at radius 3 is 2.26 bits per heavy atom. The van der Waals surface area contributed by atoms with Crippen LogP contribution in [0.4, 0.5) is 5.69 Å². The quantitative estimate of drug-likeness (QED) is 0.300. The molecule has 6 nitrogen and oxygen atoms in total. The first-order valence-corrected chi connectivity index (χ1v) is 13.0. The van der Waals surface area contributed by atoms with Crippen molar-refractivity contribution in [2.24, 2.45) is 5.92 Å². The number of carbonyl (C=O) groups is 1. The van der Waals surface area contributed by atoms with Crippen LogP contribution in [-0.2, 0) is 11.3 Å². The first-order valence-electron chi connectivity index (χ1n) is 12.0. The second-order valence-electron chi connectivity index (χ2n) is 9.09. The molecule has 7 heteroatoms. The maximum atomic E-state index is 13.0. The molecule has 182 valence electrons. The van der Waals surface area contributed by atoms with E-state index in [1.165, 1.54) is 17.3 Å². The Balaban J connectivity index is 1.73. The number of hydrogen-bond acceptors (Lipinski definition) is 5. The first kappa shape index (κ1) is 25.8. The summed E-state index contributed by atoms with van der Waals surface area (Å²) >= 11 is 1.43. The van der Waals surface area contributed by atoms with Crippen molar-refractivity contribution in [2.75, 3.05) is 17.2 Å². The normalized spacial score (nSPS) is 12.2. The van der Waals surface area contributed by atoms with Gasteiger partial charge in [0, 0.05) is 18.8 Å². The fourth-order valence-electron chi connectivity index (χ4n) is 3.75. The smallest absolute Gasteiger partial charge is 0.237 e. The molecule has 3 aromatic rings. The van der Waals surface area contributed by atoms with E-state index in [0.29, 0.717) is 24.1 Å². The highest BCUT2D eigenvalue weighted by molar-refractivity contribution is 7.99. The minimum absolute atomic E-state index is 0.0499. The zero-order chi connectivity index (χ0) is 24.7. The van der Waals surface area contributed by atoms with E-state index in [-0.39, 0.29) is 12.0 Å². The molecule has 34 heavy (non-hydrogen) atoms. The van der Waals surface area contributed by atoms with Crippen LogP contribution in [0.3, 0.4) is 0 Å². The van der Waals surface area contributed by atoms with Crippen molar-refractivity contribution in [3.8, 4) is 5.75 Å². The highest BCUT2D eigenvalue weighted by Gasteiger charge is 2.22. The molecule has 2 aromatic carbocycles. The largest absolute Gasteiger partial charge is 0.483 e. The molecule has 0 spiro atoms. The highest BCUT2D eigenvalue weighted by Crippen LogP contribution is 2.27. The summed E-state index contributed by atoms with van der Waals surface area (Å²) in [5.41, 5.74) is 2.19. The highest BCUT2D eigenvalue weighted by atomic mass is 32.2. The van der Waals surface area contributed by atoms with Gasteiger partial charge >= 0.3 is 0 Å². The molecule has 0 N–H and O–H groups in total. The Kier molecular flexibility index (Phi) is 9.16. The lowest BCUT2D eigenvalue weighted by molar-refractivity contribution is -0.116. The summed E-state index contributed by atoms with van der Waals surface area (Å²) in [7, 11) is 0. The molecule has 1 heterocycles. The van der Waals surface area contributed by atoms with Crippen LogP contribution in [-0.4, -0.2) is 33.0 Å². The van der Waals surface area contributed by atoms with Crippen molar-refractivity contribution in [1.82, 2.24) is 14.8 Å². The minimum atomic E-state index is -0.266. The fraction of sp³-hybridized carbons (Fsp3) is 0.444. The number of thioether (sulfide) groups is 1. The number of nitrogens with zero attached hydrogens (tertiary/aromatic N) is 4. The minimum Gasteiger partial charge on any atom is -0.483 e. The number of carbonyl (C=O) groups excluding carboxylic acids is 1. The van der Waals surface area contributed by atoms with Gasteiger partial charge in [-0.25, -0.2) is 0 Å². The zero-order valence-corrected chi connectivity index (χ0v) is 21.9. The van der Waals surface area contributed by atoms with Crippen LogP contribution in [0.15, 0.2) is 59.8 Å². The number of para-hydroxylation sites is 1. The van der Waals surface area contributed by atoms with Crippen molar-refractivity contribution in [1.29, 1.82) is 0 Å². The standard InChI is InChI=1S/C27H36N4O2S/c1-7-30(23-11-9-8-10-12-23)25(32)18-34-27-29-28-26(31(27)17-19(2)3)21(6)33-24-15-13-22(14-16-24)20(4)5/h8-16,19-21H,7,17-18H2,1-6H3.